The van der Waals surface area contributed by atoms with Crippen LogP contribution in [0.25, 0.3) is 0 Å². The molecule has 1 aliphatic rings. The Balaban J connectivity index is 2.06. The van der Waals surface area contributed by atoms with E-state index in [2.05, 4.69) is 5.32 Å². The summed E-state index contributed by atoms with van der Waals surface area (Å²) in [6.45, 7) is 2.60. The minimum absolute atomic E-state index is 0.00166. The molecule has 0 aromatic heterocycles. The monoisotopic (exact) mass is 290 g/mol. The highest BCUT2D eigenvalue weighted by molar-refractivity contribution is 8.00. The SMILES string of the molecule is O=C(O)CSCC(=O)NCCC(=O)N1CCOCC1. The topological polar surface area (TPSA) is 95.9 Å². The van der Waals surface area contributed by atoms with Crippen LogP contribution in [0.2, 0.25) is 0 Å². The minimum atomic E-state index is -0.944. The van der Waals surface area contributed by atoms with E-state index in [9.17, 15) is 14.4 Å². The number of amides is 2. The number of morpholine rings is 1. The highest BCUT2D eigenvalue weighted by atomic mass is 32.2. The van der Waals surface area contributed by atoms with E-state index in [1.807, 2.05) is 0 Å². The van der Waals surface area contributed by atoms with E-state index in [1.165, 1.54) is 0 Å². The van der Waals surface area contributed by atoms with Gasteiger partial charge in [-0.15, -0.1) is 11.8 Å². The van der Waals surface area contributed by atoms with Crippen molar-refractivity contribution in [3.8, 4) is 0 Å². The van der Waals surface area contributed by atoms with Crippen LogP contribution in [0.15, 0.2) is 0 Å². The summed E-state index contributed by atoms with van der Waals surface area (Å²) >= 11 is 1.03. The van der Waals surface area contributed by atoms with Crippen molar-refractivity contribution in [1.82, 2.24) is 10.2 Å². The van der Waals surface area contributed by atoms with Gasteiger partial charge >= 0.3 is 5.97 Å². The average molecular weight is 290 g/mol. The zero-order valence-electron chi connectivity index (χ0n) is 10.6. The number of aliphatic carboxylic acids is 1. The van der Waals surface area contributed by atoms with E-state index in [-0.39, 0.29) is 36.3 Å². The van der Waals surface area contributed by atoms with Crippen molar-refractivity contribution in [1.29, 1.82) is 0 Å². The molecule has 8 heteroatoms. The molecule has 1 aliphatic heterocycles. The molecule has 2 N–H and O–H groups in total. The lowest BCUT2D eigenvalue weighted by Gasteiger charge is -2.26. The molecule has 0 spiro atoms. The van der Waals surface area contributed by atoms with Crippen molar-refractivity contribution in [2.24, 2.45) is 0 Å². The number of carbonyl (C=O) groups is 3. The molecule has 108 valence electrons. The zero-order chi connectivity index (χ0) is 14.1. The van der Waals surface area contributed by atoms with Crippen LogP contribution < -0.4 is 5.32 Å². The predicted molar refractivity (Wildman–Crippen MR) is 70.0 cm³/mol. The molecule has 0 aliphatic carbocycles. The molecule has 0 aromatic carbocycles. The Morgan fingerprint density at radius 1 is 1.21 bits per heavy atom. The number of hydrogen-bond acceptors (Lipinski definition) is 5. The number of rotatable bonds is 7. The normalized spacial score (nSPS) is 15.1. The Bertz CT molecular complexity index is 331. The van der Waals surface area contributed by atoms with E-state index in [0.29, 0.717) is 26.3 Å². The molecule has 0 radical (unpaired) electrons. The lowest BCUT2D eigenvalue weighted by Crippen LogP contribution is -2.42. The smallest absolute Gasteiger partial charge is 0.313 e. The van der Waals surface area contributed by atoms with Crippen LogP contribution in [-0.2, 0) is 19.1 Å². The third-order valence-corrected chi connectivity index (χ3v) is 3.40. The largest absolute Gasteiger partial charge is 0.481 e. The van der Waals surface area contributed by atoms with Gasteiger partial charge in [0.25, 0.3) is 0 Å². The number of hydrogen-bond donors (Lipinski definition) is 2. The van der Waals surface area contributed by atoms with Crippen molar-refractivity contribution in [2.75, 3.05) is 44.4 Å². The molecule has 0 bridgehead atoms. The minimum Gasteiger partial charge on any atom is -0.481 e. The molecule has 19 heavy (non-hydrogen) atoms. The molecule has 0 atom stereocenters. The van der Waals surface area contributed by atoms with Crippen LogP contribution >= 0.6 is 11.8 Å². The molecule has 1 saturated heterocycles. The number of carboxylic acids is 1. The van der Waals surface area contributed by atoms with E-state index in [1.54, 1.807) is 4.90 Å². The number of carboxylic acid groups (broad SMARTS) is 1. The summed E-state index contributed by atoms with van der Waals surface area (Å²) in [5.74, 6) is -1.19. The summed E-state index contributed by atoms with van der Waals surface area (Å²) in [4.78, 5) is 35.0. The maximum absolute atomic E-state index is 11.7. The second-order valence-corrected chi connectivity index (χ2v) is 4.97. The van der Waals surface area contributed by atoms with E-state index in [0.717, 1.165) is 11.8 Å². The molecule has 0 unspecified atom stereocenters. The molecular formula is C11H18N2O5S. The van der Waals surface area contributed by atoms with Gasteiger partial charge in [-0.05, 0) is 0 Å². The second kappa shape index (κ2) is 8.76. The van der Waals surface area contributed by atoms with Gasteiger partial charge < -0.3 is 20.1 Å². The summed E-state index contributed by atoms with van der Waals surface area (Å²) in [5.41, 5.74) is 0. The van der Waals surface area contributed by atoms with Crippen LogP contribution in [0, 0.1) is 0 Å². The summed E-state index contributed by atoms with van der Waals surface area (Å²) < 4.78 is 5.14. The quantitative estimate of drug-likeness (QED) is 0.635. The number of thioether (sulfide) groups is 1. The van der Waals surface area contributed by atoms with Crippen LogP contribution in [0.5, 0.6) is 0 Å². The number of nitrogens with one attached hydrogen (secondary N) is 1. The van der Waals surface area contributed by atoms with E-state index < -0.39 is 5.97 Å². The Morgan fingerprint density at radius 3 is 2.53 bits per heavy atom. The van der Waals surface area contributed by atoms with Gasteiger partial charge in [-0.25, -0.2) is 0 Å². The van der Waals surface area contributed by atoms with Gasteiger partial charge in [0.1, 0.15) is 0 Å². The maximum Gasteiger partial charge on any atom is 0.313 e. The molecule has 0 saturated carbocycles. The average Bonchev–Trinajstić information content (AvgIpc) is 2.39. The van der Waals surface area contributed by atoms with Gasteiger partial charge in [0.05, 0.1) is 24.7 Å². The summed E-state index contributed by atoms with van der Waals surface area (Å²) in [5, 5.41) is 11.0. The molecule has 2 amide bonds. The van der Waals surface area contributed by atoms with E-state index >= 15 is 0 Å². The fraction of sp³-hybridized carbons (Fsp3) is 0.727. The van der Waals surface area contributed by atoms with Crippen molar-refractivity contribution in [3.63, 3.8) is 0 Å². The Morgan fingerprint density at radius 2 is 1.89 bits per heavy atom. The third kappa shape index (κ3) is 7.02. The van der Waals surface area contributed by atoms with Crippen molar-refractivity contribution >= 4 is 29.5 Å². The molecule has 7 nitrogen and oxygen atoms in total. The highest BCUT2D eigenvalue weighted by Gasteiger charge is 2.16. The molecule has 0 aromatic rings. The van der Waals surface area contributed by atoms with Crippen molar-refractivity contribution in [2.45, 2.75) is 6.42 Å². The lowest BCUT2D eigenvalue weighted by molar-refractivity contribution is -0.135. The molecule has 1 fully saturated rings. The first-order chi connectivity index (χ1) is 9.09. The lowest BCUT2D eigenvalue weighted by atomic mass is 10.3. The summed E-state index contributed by atoms with van der Waals surface area (Å²) in [6, 6.07) is 0. The summed E-state index contributed by atoms with van der Waals surface area (Å²) in [7, 11) is 0. The maximum atomic E-state index is 11.7. The first-order valence-electron chi connectivity index (χ1n) is 6.01. The Hall–Kier alpha value is -1.28. The standard InChI is InChI=1S/C11H18N2O5S/c14-9(7-19-8-11(16)17)12-2-1-10(15)13-3-5-18-6-4-13/h1-8H2,(H,12,14)(H,16,17). The highest BCUT2D eigenvalue weighted by Crippen LogP contribution is 2.00. The van der Waals surface area contributed by atoms with Crippen molar-refractivity contribution < 1.29 is 24.2 Å². The zero-order valence-corrected chi connectivity index (χ0v) is 11.4. The van der Waals surface area contributed by atoms with Crippen LogP contribution in [0.3, 0.4) is 0 Å². The molecule has 1 rings (SSSR count). The van der Waals surface area contributed by atoms with Gasteiger partial charge in [-0.3, -0.25) is 14.4 Å². The Kier molecular flexibility index (Phi) is 7.27. The van der Waals surface area contributed by atoms with Gasteiger partial charge in [-0.2, -0.15) is 0 Å². The second-order valence-electron chi connectivity index (χ2n) is 3.98. The molecule has 1 heterocycles. The van der Waals surface area contributed by atoms with Crippen LogP contribution in [0.1, 0.15) is 6.42 Å². The first-order valence-corrected chi connectivity index (χ1v) is 7.17. The molecular weight excluding hydrogens is 272 g/mol. The summed E-state index contributed by atoms with van der Waals surface area (Å²) in [6.07, 6.45) is 0.259. The van der Waals surface area contributed by atoms with Gasteiger partial charge in [0.15, 0.2) is 0 Å². The fourth-order valence-electron chi connectivity index (χ4n) is 1.56. The third-order valence-electron chi connectivity index (χ3n) is 2.48. The van der Waals surface area contributed by atoms with E-state index in [4.69, 9.17) is 9.84 Å². The predicted octanol–water partition coefficient (Wildman–Crippen LogP) is -0.831. The fourth-order valence-corrected chi connectivity index (χ4v) is 2.13. The van der Waals surface area contributed by atoms with Gasteiger partial charge in [-0.1, -0.05) is 0 Å². The number of carbonyl (C=O) groups excluding carboxylic acids is 2. The van der Waals surface area contributed by atoms with Crippen LogP contribution in [0.4, 0.5) is 0 Å². The Labute approximate surface area is 115 Å². The van der Waals surface area contributed by atoms with Gasteiger partial charge in [0.2, 0.25) is 11.8 Å². The number of nitrogens with zero attached hydrogens (tertiary/aromatic N) is 1. The number of ether oxygens (including phenoxy) is 1. The van der Waals surface area contributed by atoms with Gasteiger partial charge in [0, 0.05) is 26.1 Å². The van der Waals surface area contributed by atoms with Crippen molar-refractivity contribution in [3.05, 3.63) is 0 Å². The first kappa shape index (κ1) is 15.8. The van der Waals surface area contributed by atoms with Crippen LogP contribution in [-0.4, -0.2) is 72.1 Å².